The second-order valence-electron chi connectivity index (χ2n) is 5.10. The summed E-state index contributed by atoms with van der Waals surface area (Å²) in [6.07, 6.45) is 3.10. The van der Waals surface area contributed by atoms with Crippen molar-refractivity contribution >= 4 is 29.2 Å². The molecule has 0 aromatic heterocycles. The molecule has 1 saturated carbocycles. The largest absolute Gasteiger partial charge is 0.481 e. The Kier molecular flexibility index (Phi) is 4.49. The third kappa shape index (κ3) is 3.42. The highest BCUT2D eigenvalue weighted by molar-refractivity contribution is 6.33. The van der Waals surface area contributed by atoms with Gasteiger partial charge in [0.1, 0.15) is 0 Å². The first-order valence-corrected chi connectivity index (χ1v) is 6.94. The molecule has 4 N–H and O–H groups in total. The third-order valence-corrected chi connectivity index (χ3v) is 3.96. The van der Waals surface area contributed by atoms with E-state index < -0.39 is 11.9 Å². The predicted octanol–water partition coefficient (Wildman–Crippen LogP) is 2.49. The second kappa shape index (κ2) is 6.13. The van der Waals surface area contributed by atoms with Gasteiger partial charge in [0, 0.05) is 11.7 Å². The van der Waals surface area contributed by atoms with Gasteiger partial charge in [0.15, 0.2) is 0 Å². The molecule has 0 radical (unpaired) electrons. The molecule has 1 fully saturated rings. The summed E-state index contributed by atoms with van der Waals surface area (Å²) < 4.78 is 0. The van der Waals surface area contributed by atoms with Gasteiger partial charge in [-0.2, -0.15) is 0 Å². The zero-order valence-corrected chi connectivity index (χ0v) is 11.7. The summed E-state index contributed by atoms with van der Waals surface area (Å²) in [6, 6.07) is 5.07. The standard InChI is InChI=1S/C14H17ClN2O3/c15-12-5-4-10(7-11(12)13(16)18)17-9-3-1-2-8(6-9)14(19)20/h4-5,7-9,17H,1-3,6H2,(H2,16,18)(H,19,20). The number of amides is 1. The lowest BCUT2D eigenvalue weighted by Crippen LogP contribution is -2.31. The molecule has 6 heteroatoms. The minimum absolute atomic E-state index is 0.0896. The minimum atomic E-state index is -0.745. The normalized spacial score (nSPS) is 22.2. The van der Waals surface area contributed by atoms with Crippen LogP contribution in [0.5, 0.6) is 0 Å². The van der Waals surface area contributed by atoms with E-state index in [-0.39, 0.29) is 17.5 Å². The maximum Gasteiger partial charge on any atom is 0.306 e. The van der Waals surface area contributed by atoms with Crippen molar-refractivity contribution in [3.05, 3.63) is 28.8 Å². The van der Waals surface area contributed by atoms with E-state index in [0.717, 1.165) is 24.9 Å². The summed E-state index contributed by atoms with van der Waals surface area (Å²) in [5, 5.41) is 12.6. The first-order chi connectivity index (χ1) is 9.47. The molecule has 0 saturated heterocycles. The van der Waals surface area contributed by atoms with Crippen LogP contribution in [0.4, 0.5) is 5.69 Å². The summed E-state index contributed by atoms with van der Waals surface area (Å²) in [4.78, 5) is 22.3. The van der Waals surface area contributed by atoms with Crippen molar-refractivity contribution < 1.29 is 14.7 Å². The van der Waals surface area contributed by atoms with Crippen LogP contribution in [-0.4, -0.2) is 23.0 Å². The highest BCUT2D eigenvalue weighted by Gasteiger charge is 2.26. The Morgan fingerprint density at radius 2 is 2.10 bits per heavy atom. The zero-order chi connectivity index (χ0) is 14.7. The van der Waals surface area contributed by atoms with Gasteiger partial charge in [-0.15, -0.1) is 0 Å². The molecule has 1 aliphatic carbocycles. The summed E-state index contributed by atoms with van der Waals surface area (Å²) in [5.74, 6) is -1.62. The number of carbonyl (C=O) groups excluding carboxylic acids is 1. The average Bonchev–Trinajstić information content (AvgIpc) is 2.41. The molecular weight excluding hydrogens is 280 g/mol. The van der Waals surface area contributed by atoms with E-state index in [9.17, 15) is 9.59 Å². The van der Waals surface area contributed by atoms with Gasteiger partial charge in [0.05, 0.1) is 16.5 Å². The maximum atomic E-state index is 11.2. The van der Waals surface area contributed by atoms with Crippen molar-refractivity contribution in [1.82, 2.24) is 0 Å². The average molecular weight is 297 g/mol. The molecule has 0 bridgehead atoms. The topological polar surface area (TPSA) is 92.4 Å². The first-order valence-electron chi connectivity index (χ1n) is 6.56. The molecule has 1 aromatic carbocycles. The van der Waals surface area contributed by atoms with Gasteiger partial charge >= 0.3 is 5.97 Å². The molecule has 0 spiro atoms. The van der Waals surface area contributed by atoms with E-state index in [4.69, 9.17) is 22.4 Å². The van der Waals surface area contributed by atoms with Gasteiger partial charge in [-0.25, -0.2) is 0 Å². The fraction of sp³-hybridized carbons (Fsp3) is 0.429. The fourth-order valence-electron chi connectivity index (χ4n) is 2.58. The lowest BCUT2D eigenvalue weighted by molar-refractivity contribution is -0.142. The van der Waals surface area contributed by atoms with E-state index in [0.29, 0.717) is 11.4 Å². The Balaban J connectivity index is 2.08. The quantitative estimate of drug-likeness (QED) is 0.796. The van der Waals surface area contributed by atoms with Gasteiger partial charge in [-0.1, -0.05) is 18.0 Å². The van der Waals surface area contributed by atoms with Crippen molar-refractivity contribution in [2.45, 2.75) is 31.7 Å². The van der Waals surface area contributed by atoms with E-state index in [1.807, 2.05) is 0 Å². The summed E-state index contributed by atoms with van der Waals surface area (Å²) in [6.45, 7) is 0. The lowest BCUT2D eigenvalue weighted by atomic mass is 9.85. The number of primary amides is 1. The van der Waals surface area contributed by atoms with Crippen LogP contribution in [0, 0.1) is 5.92 Å². The highest BCUT2D eigenvalue weighted by atomic mass is 35.5. The van der Waals surface area contributed by atoms with E-state index in [2.05, 4.69) is 5.32 Å². The van der Waals surface area contributed by atoms with Crippen LogP contribution in [0.3, 0.4) is 0 Å². The number of carboxylic acids is 1. The van der Waals surface area contributed by atoms with Crippen molar-refractivity contribution in [2.75, 3.05) is 5.32 Å². The molecule has 1 aromatic rings. The Bertz CT molecular complexity index is 533. The molecule has 2 atom stereocenters. The fourth-order valence-corrected chi connectivity index (χ4v) is 2.80. The SMILES string of the molecule is NC(=O)c1cc(NC2CCCC(C(=O)O)C2)ccc1Cl. The van der Waals surface area contributed by atoms with Gasteiger partial charge < -0.3 is 16.2 Å². The number of rotatable bonds is 4. The van der Waals surface area contributed by atoms with E-state index >= 15 is 0 Å². The van der Waals surface area contributed by atoms with Crippen LogP contribution < -0.4 is 11.1 Å². The van der Waals surface area contributed by atoms with E-state index in [1.165, 1.54) is 0 Å². The maximum absolute atomic E-state index is 11.2. The monoisotopic (exact) mass is 296 g/mol. The lowest BCUT2D eigenvalue weighted by Gasteiger charge is -2.28. The number of halogens is 1. The predicted molar refractivity (Wildman–Crippen MR) is 77.0 cm³/mol. The molecular formula is C14H17ClN2O3. The van der Waals surface area contributed by atoms with Crippen LogP contribution in [0.1, 0.15) is 36.0 Å². The number of hydrogen-bond acceptors (Lipinski definition) is 3. The number of aliphatic carboxylic acids is 1. The van der Waals surface area contributed by atoms with Crippen molar-refractivity contribution in [3.8, 4) is 0 Å². The Hall–Kier alpha value is -1.75. The smallest absolute Gasteiger partial charge is 0.306 e. The van der Waals surface area contributed by atoms with Crippen LogP contribution >= 0.6 is 11.6 Å². The number of hydrogen-bond donors (Lipinski definition) is 3. The molecule has 0 heterocycles. The number of benzene rings is 1. The van der Waals surface area contributed by atoms with Crippen LogP contribution in [-0.2, 0) is 4.79 Å². The van der Waals surface area contributed by atoms with Crippen molar-refractivity contribution in [3.63, 3.8) is 0 Å². The molecule has 1 amide bonds. The van der Waals surface area contributed by atoms with Crippen molar-refractivity contribution in [2.24, 2.45) is 11.7 Å². The highest BCUT2D eigenvalue weighted by Crippen LogP contribution is 2.28. The molecule has 20 heavy (non-hydrogen) atoms. The number of nitrogens with two attached hydrogens (primary N) is 1. The summed E-state index contributed by atoms with van der Waals surface area (Å²) in [5.41, 5.74) is 6.25. The number of nitrogens with one attached hydrogen (secondary N) is 1. The van der Waals surface area contributed by atoms with E-state index in [1.54, 1.807) is 18.2 Å². The molecule has 2 rings (SSSR count). The molecule has 2 unspecified atom stereocenters. The molecule has 1 aliphatic rings. The molecule has 5 nitrogen and oxygen atoms in total. The minimum Gasteiger partial charge on any atom is -0.481 e. The molecule has 108 valence electrons. The number of carboxylic acid groups (broad SMARTS) is 1. The Labute approximate surface area is 122 Å². The van der Waals surface area contributed by atoms with Crippen molar-refractivity contribution in [1.29, 1.82) is 0 Å². The second-order valence-corrected chi connectivity index (χ2v) is 5.51. The van der Waals surface area contributed by atoms with Gasteiger partial charge in [-0.3, -0.25) is 9.59 Å². The third-order valence-electron chi connectivity index (χ3n) is 3.63. The van der Waals surface area contributed by atoms with Gasteiger partial charge in [0.2, 0.25) is 5.91 Å². The number of carbonyl (C=O) groups is 2. The van der Waals surface area contributed by atoms with Gasteiger partial charge in [-0.05, 0) is 37.5 Å². The van der Waals surface area contributed by atoms with Crippen LogP contribution in [0.2, 0.25) is 5.02 Å². The van der Waals surface area contributed by atoms with Crippen LogP contribution in [0.15, 0.2) is 18.2 Å². The first kappa shape index (κ1) is 14.7. The van der Waals surface area contributed by atoms with Crippen LogP contribution in [0.25, 0.3) is 0 Å². The molecule has 0 aliphatic heterocycles. The summed E-state index contributed by atoms with van der Waals surface area (Å²) >= 11 is 5.89. The van der Waals surface area contributed by atoms with Gasteiger partial charge in [0.25, 0.3) is 0 Å². The number of anilines is 1. The zero-order valence-electron chi connectivity index (χ0n) is 10.9. The Morgan fingerprint density at radius 3 is 2.75 bits per heavy atom. The summed E-state index contributed by atoms with van der Waals surface area (Å²) in [7, 11) is 0. The Morgan fingerprint density at radius 1 is 1.35 bits per heavy atom.